The molecule has 1 rings (SSSR count). The minimum absolute atomic E-state index is 0.460. The standard InChI is InChI=1S/C14H27N3O2/c1-5-6-15-10-13-9-14(19-16-13)11-17(12(2)3)7-8-18-4/h9,12,15H,5-8,10-11H2,1-4H3. The minimum Gasteiger partial charge on any atom is -0.383 e. The summed E-state index contributed by atoms with van der Waals surface area (Å²) in [6.45, 7) is 10.7. The van der Waals surface area contributed by atoms with Gasteiger partial charge in [0.15, 0.2) is 5.76 Å². The molecule has 0 aliphatic rings. The van der Waals surface area contributed by atoms with Gasteiger partial charge in [-0.25, -0.2) is 0 Å². The van der Waals surface area contributed by atoms with Crippen molar-refractivity contribution in [1.82, 2.24) is 15.4 Å². The van der Waals surface area contributed by atoms with Crippen LogP contribution in [0.1, 0.15) is 38.6 Å². The molecule has 0 aromatic carbocycles. The molecule has 0 saturated heterocycles. The predicted molar refractivity (Wildman–Crippen MR) is 75.9 cm³/mol. The Kier molecular flexibility index (Phi) is 7.70. The summed E-state index contributed by atoms with van der Waals surface area (Å²) in [5.74, 6) is 0.915. The van der Waals surface area contributed by atoms with E-state index in [4.69, 9.17) is 9.26 Å². The highest BCUT2D eigenvalue weighted by molar-refractivity contribution is 5.05. The van der Waals surface area contributed by atoms with Crippen LogP contribution in [0.15, 0.2) is 10.6 Å². The molecule has 110 valence electrons. The van der Waals surface area contributed by atoms with Gasteiger partial charge in [0.25, 0.3) is 0 Å². The van der Waals surface area contributed by atoms with Gasteiger partial charge in [0.1, 0.15) is 0 Å². The fourth-order valence-corrected chi connectivity index (χ4v) is 1.84. The Morgan fingerprint density at radius 2 is 2.26 bits per heavy atom. The summed E-state index contributed by atoms with van der Waals surface area (Å²) in [6.07, 6.45) is 1.13. The van der Waals surface area contributed by atoms with E-state index in [9.17, 15) is 0 Å². The molecule has 5 heteroatoms. The van der Waals surface area contributed by atoms with Crippen LogP contribution in [-0.2, 0) is 17.8 Å². The SMILES string of the molecule is CCCNCc1cc(CN(CCOC)C(C)C)on1. The van der Waals surface area contributed by atoms with Crippen molar-refractivity contribution in [3.8, 4) is 0 Å². The van der Waals surface area contributed by atoms with Crippen LogP contribution in [0, 0.1) is 0 Å². The maximum Gasteiger partial charge on any atom is 0.151 e. The van der Waals surface area contributed by atoms with E-state index in [-0.39, 0.29) is 0 Å². The molecule has 0 saturated carbocycles. The molecule has 0 aliphatic heterocycles. The Morgan fingerprint density at radius 3 is 2.89 bits per heavy atom. The number of hydrogen-bond acceptors (Lipinski definition) is 5. The van der Waals surface area contributed by atoms with E-state index in [1.54, 1.807) is 7.11 Å². The molecule has 1 N–H and O–H groups in total. The van der Waals surface area contributed by atoms with Crippen molar-refractivity contribution in [2.45, 2.75) is 46.3 Å². The minimum atomic E-state index is 0.460. The maximum atomic E-state index is 5.38. The Labute approximate surface area is 116 Å². The molecule has 0 atom stereocenters. The molecule has 0 radical (unpaired) electrons. The lowest BCUT2D eigenvalue weighted by atomic mass is 10.2. The summed E-state index contributed by atoms with van der Waals surface area (Å²) in [4.78, 5) is 2.31. The molecule has 1 aromatic rings. The fraction of sp³-hybridized carbons (Fsp3) is 0.786. The lowest BCUT2D eigenvalue weighted by molar-refractivity contribution is 0.117. The monoisotopic (exact) mass is 269 g/mol. The molecule has 0 spiro atoms. The molecule has 0 aliphatic carbocycles. The lowest BCUT2D eigenvalue weighted by Crippen LogP contribution is -2.33. The van der Waals surface area contributed by atoms with Crippen LogP contribution in [-0.4, -0.2) is 42.9 Å². The number of nitrogens with zero attached hydrogens (tertiary/aromatic N) is 2. The molecule has 0 fully saturated rings. The first-order chi connectivity index (χ1) is 9.17. The molecule has 0 amide bonds. The zero-order valence-electron chi connectivity index (χ0n) is 12.6. The van der Waals surface area contributed by atoms with Gasteiger partial charge in [0.05, 0.1) is 18.8 Å². The van der Waals surface area contributed by atoms with Crippen molar-refractivity contribution in [2.24, 2.45) is 0 Å². The van der Waals surface area contributed by atoms with Gasteiger partial charge in [-0.3, -0.25) is 4.90 Å². The quantitative estimate of drug-likeness (QED) is 0.659. The summed E-state index contributed by atoms with van der Waals surface area (Å²) in [5, 5.41) is 7.40. The topological polar surface area (TPSA) is 50.5 Å². The number of nitrogens with one attached hydrogen (secondary N) is 1. The zero-order chi connectivity index (χ0) is 14.1. The van der Waals surface area contributed by atoms with E-state index >= 15 is 0 Å². The Morgan fingerprint density at radius 1 is 1.47 bits per heavy atom. The van der Waals surface area contributed by atoms with Gasteiger partial charge in [-0.15, -0.1) is 0 Å². The summed E-state index contributed by atoms with van der Waals surface area (Å²) in [7, 11) is 1.73. The van der Waals surface area contributed by atoms with Crippen LogP contribution in [0.4, 0.5) is 0 Å². The molecular formula is C14H27N3O2. The first kappa shape index (κ1) is 16.1. The fourth-order valence-electron chi connectivity index (χ4n) is 1.84. The second-order valence-electron chi connectivity index (χ2n) is 5.02. The molecule has 0 bridgehead atoms. The smallest absolute Gasteiger partial charge is 0.151 e. The average molecular weight is 269 g/mol. The van der Waals surface area contributed by atoms with Gasteiger partial charge in [-0.1, -0.05) is 12.1 Å². The van der Waals surface area contributed by atoms with Crippen LogP contribution < -0.4 is 5.32 Å². The highest BCUT2D eigenvalue weighted by Crippen LogP contribution is 2.10. The molecule has 5 nitrogen and oxygen atoms in total. The van der Waals surface area contributed by atoms with Crippen molar-refractivity contribution in [1.29, 1.82) is 0 Å². The van der Waals surface area contributed by atoms with Crippen molar-refractivity contribution in [2.75, 3.05) is 26.8 Å². The Bertz CT molecular complexity index is 339. The summed E-state index contributed by atoms with van der Waals surface area (Å²) in [6, 6.07) is 2.49. The molecule has 0 unspecified atom stereocenters. The Balaban J connectivity index is 2.45. The maximum absolute atomic E-state index is 5.38. The third-order valence-corrected chi connectivity index (χ3v) is 3.01. The van der Waals surface area contributed by atoms with E-state index in [0.29, 0.717) is 6.04 Å². The second-order valence-corrected chi connectivity index (χ2v) is 5.02. The number of hydrogen-bond donors (Lipinski definition) is 1. The molecule has 1 aromatic heterocycles. The highest BCUT2D eigenvalue weighted by Gasteiger charge is 2.13. The van der Waals surface area contributed by atoms with E-state index in [2.05, 4.69) is 36.1 Å². The third kappa shape index (κ3) is 6.18. The largest absolute Gasteiger partial charge is 0.383 e. The molecule has 19 heavy (non-hydrogen) atoms. The first-order valence-electron chi connectivity index (χ1n) is 7.05. The number of rotatable bonds is 10. The van der Waals surface area contributed by atoms with Crippen molar-refractivity contribution < 1.29 is 9.26 Å². The molecule has 1 heterocycles. The van der Waals surface area contributed by atoms with Crippen molar-refractivity contribution in [3.05, 3.63) is 17.5 Å². The van der Waals surface area contributed by atoms with E-state index in [0.717, 1.165) is 50.7 Å². The first-order valence-corrected chi connectivity index (χ1v) is 7.05. The van der Waals surface area contributed by atoms with Gasteiger partial charge in [-0.05, 0) is 26.8 Å². The predicted octanol–water partition coefficient (Wildman–Crippen LogP) is 2.03. The van der Waals surface area contributed by atoms with Crippen molar-refractivity contribution in [3.63, 3.8) is 0 Å². The van der Waals surface area contributed by atoms with Crippen LogP contribution in [0.25, 0.3) is 0 Å². The van der Waals surface area contributed by atoms with E-state index < -0.39 is 0 Å². The van der Waals surface area contributed by atoms with Crippen LogP contribution in [0.2, 0.25) is 0 Å². The van der Waals surface area contributed by atoms with Crippen molar-refractivity contribution >= 4 is 0 Å². The number of methoxy groups -OCH3 is 1. The average Bonchev–Trinajstić information content (AvgIpc) is 2.82. The number of ether oxygens (including phenoxy) is 1. The van der Waals surface area contributed by atoms with Gasteiger partial charge in [0.2, 0.25) is 0 Å². The molecular weight excluding hydrogens is 242 g/mol. The summed E-state index contributed by atoms with van der Waals surface area (Å²) >= 11 is 0. The van der Waals surface area contributed by atoms with Crippen LogP contribution in [0.3, 0.4) is 0 Å². The normalized spacial score (nSPS) is 11.7. The van der Waals surface area contributed by atoms with Crippen LogP contribution in [0.5, 0.6) is 0 Å². The van der Waals surface area contributed by atoms with Gasteiger partial charge in [0, 0.05) is 32.3 Å². The lowest BCUT2D eigenvalue weighted by Gasteiger charge is -2.24. The van der Waals surface area contributed by atoms with E-state index in [1.807, 2.05) is 6.07 Å². The number of aromatic nitrogens is 1. The van der Waals surface area contributed by atoms with Gasteiger partial charge >= 0.3 is 0 Å². The summed E-state index contributed by atoms with van der Waals surface area (Å²) < 4.78 is 10.5. The summed E-state index contributed by atoms with van der Waals surface area (Å²) in [5.41, 5.74) is 0.971. The van der Waals surface area contributed by atoms with Gasteiger partial charge in [-0.2, -0.15) is 0 Å². The second kappa shape index (κ2) is 9.07. The van der Waals surface area contributed by atoms with Crippen LogP contribution >= 0.6 is 0 Å². The third-order valence-electron chi connectivity index (χ3n) is 3.01. The Hall–Kier alpha value is -0.910. The highest BCUT2D eigenvalue weighted by atomic mass is 16.5. The van der Waals surface area contributed by atoms with E-state index in [1.165, 1.54) is 0 Å². The van der Waals surface area contributed by atoms with Gasteiger partial charge < -0.3 is 14.6 Å². The zero-order valence-corrected chi connectivity index (χ0v) is 12.6.